The molecule has 0 heterocycles. The molecule has 24 heavy (non-hydrogen) atoms. The predicted octanol–water partition coefficient (Wildman–Crippen LogP) is 3.85. The monoisotopic (exact) mass is 362 g/mol. The Hall–Kier alpha value is -2.55. The van der Waals surface area contributed by atoms with Crippen molar-refractivity contribution in [1.29, 1.82) is 5.26 Å². The van der Waals surface area contributed by atoms with Crippen LogP contribution in [0.15, 0.2) is 42.5 Å². The summed E-state index contributed by atoms with van der Waals surface area (Å²) in [5.41, 5.74) is 1.40. The number of halogens is 2. The average molecular weight is 363 g/mol. The number of benzene rings is 2. The van der Waals surface area contributed by atoms with Crippen LogP contribution in [-0.2, 0) is 16.0 Å². The lowest BCUT2D eigenvalue weighted by Gasteiger charge is -2.09. The first-order chi connectivity index (χ1) is 11.5. The van der Waals surface area contributed by atoms with Crippen LogP contribution in [-0.4, -0.2) is 18.5 Å². The van der Waals surface area contributed by atoms with E-state index in [1.807, 2.05) is 6.07 Å². The van der Waals surface area contributed by atoms with Crippen molar-refractivity contribution in [3.63, 3.8) is 0 Å². The molecule has 0 aromatic heterocycles. The van der Waals surface area contributed by atoms with Crippen LogP contribution < -0.4 is 5.32 Å². The van der Waals surface area contributed by atoms with Crippen molar-refractivity contribution in [2.75, 3.05) is 11.9 Å². The van der Waals surface area contributed by atoms with Crippen LogP contribution in [0.5, 0.6) is 0 Å². The second-order valence-electron chi connectivity index (χ2n) is 4.75. The molecule has 0 aliphatic carbocycles. The number of amides is 1. The van der Waals surface area contributed by atoms with Crippen LogP contribution in [0, 0.1) is 11.3 Å². The smallest absolute Gasteiger partial charge is 0.341 e. The lowest BCUT2D eigenvalue weighted by atomic mass is 10.1. The van der Waals surface area contributed by atoms with Crippen molar-refractivity contribution in [3.05, 3.63) is 63.6 Å². The van der Waals surface area contributed by atoms with Gasteiger partial charge in [-0.2, -0.15) is 5.26 Å². The number of carbonyl (C=O) groups is 2. The van der Waals surface area contributed by atoms with Gasteiger partial charge in [0.05, 0.1) is 28.1 Å². The van der Waals surface area contributed by atoms with Crippen LogP contribution in [0.2, 0.25) is 10.0 Å². The molecule has 0 spiro atoms. The number of esters is 1. The summed E-state index contributed by atoms with van der Waals surface area (Å²) in [5, 5.41) is 11.5. The van der Waals surface area contributed by atoms with E-state index in [2.05, 4.69) is 5.32 Å². The molecule has 0 atom stereocenters. The van der Waals surface area contributed by atoms with E-state index in [-0.39, 0.29) is 15.6 Å². The minimum Gasteiger partial charge on any atom is -0.452 e. The fraction of sp³-hybridized carbons (Fsp3) is 0.118. The number of carbonyl (C=O) groups excluding carboxylic acids is 2. The molecule has 0 saturated heterocycles. The third-order valence-corrected chi connectivity index (χ3v) is 3.65. The zero-order chi connectivity index (χ0) is 17.5. The van der Waals surface area contributed by atoms with Gasteiger partial charge < -0.3 is 10.1 Å². The van der Waals surface area contributed by atoms with Crippen molar-refractivity contribution in [1.82, 2.24) is 0 Å². The molecule has 7 heteroatoms. The Balaban J connectivity index is 1.91. The Morgan fingerprint density at radius 1 is 1.08 bits per heavy atom. The molecule has 0 bridgehead atoms. The minimum atomic E-state index is -0.773. The largest absolute Gasteiger partial charge is 0.452 e. The summed E-state index contributed by atoms with van der Waals surface area (Å²) in [6.45, 7) is -0.472. The molecule has 2 rings (SSSR count). The molecule has 0 saturated carbocycles. The molecular weight excluding hydrogens is 351 g/mol. The molecule has 0 aliphatic heterocycles. The van der Waals surface area contributed by atoms with Crippen LogP contribution >= 0.6 is 23.2 Å². The second-order valence-corrected chi connectivity index (χ2v) is 5.57. The maximum atomic E-state index is 12.0. The normalized spacial score (nSPS) is 9.88. The number of nitriles is 1. The number of anilines is 1. The quantitative estimate of drug-likeness (QED) is 0.819. The lowest BCUT2D eigenvalue weighted by Crippen LogP contribution is -2.21. The Bertz CT molecular complexity index is 778. The Morgan fingerprint density at radius 3 is 2.29 bits per heavy atom. The Morgan fingerprint density at radius 2 is 1.71 bits per heavy atom. The fourth-order valence-corrected chi connectivity index (χ4v) is 2.44. The van der Waals surface area contributed by atoms with Gasteiger partial charge in [-0.1, -0.05) is 41.4 Å². The van der Waals surface area contributed by atoms with E-state index >= 15 is 0 Å². The molecular formula is C17H12Cl2N2O3. The molecule has 0 radical (unpaired) electrons. The molecule has 0 aliphatic rings. The first-order valence-electron chi connectivity index (χ1n) is 6.88. The van der Waals surface area contributed by atoms with Gasteiger partial charge in [0.25, 0.3) is 5.91 Å². The van der Waals surface area contributed by atoms with Crippen molar-refractivity contribution >= 4 is 40.8 Å². The molecule has 122 valence electrons. The number of nitrogens with zero attached hydrogens (tertiary/aromatic N) is 1. The minimum absolute atomic E-state index is 0.0227. The fourth-order valence-electron chi connectivity index (χ4n) is 1.89. The van der Waals surface area contributed by atoms with Gasteiger partial charge in [0.1, 0.15) is 0 Å². The molecule has 0 fully saturated rings. The van der Waals surface area contributed by atoms with Crippen LogP contribution in [0.25, 0.3) is 0 Å². The lowest BCUT2D eigenvalue weighted by molar-refractivity contribution is -0.119. The molecule has 1 amide bonds. The zero-order valence-electron chi connectivity index (χ0n) is 12.4. The number of hydrogen-bond acceptors (Lipinski definition) is 4. The van der Waals surface area contributed by atoms with Gasteiger partial charge >= 0.3 is 5.97 Å². The highest BCUT2D eigenvalue weighted by atomic mass is 35.5. The van der Waals surface area contributed by atoms with E-state index in [0.29, 0.717) is 12.1 Å². The van der Waals surface area contributed by atoms with E-state index in [9.17, 15) is 9.59 Å². The zero-order valence-corrected chi connectivity index (χ0v) is 13.9. The van der Waals surface area contributed by atoms with E-state index in [1.165, 1.54) is 12.1 Å². The highest BCUT2D eigenvalue weighted by molar-refractivity contribution is 6.39. The maximum Gasteiger partial charge on any atom is 0.341 e. The number of rotatable bonds is 5. The first kappa shape index (κ1) is 17.8. The van der Waals surface area contributed by atoms with Gasteiger partial charge in [0, 0.05) is 5.69 Å². The van der Waals surface area contributed by atoms with Crippen LogP contribution in [0.1, 0.15) is 15.9 Å². The van der Waals surface area contributed by atoms with Crippen LogP contribution in [0.4, 0.5) is 5.69 Å². The van der Waals surface area contributed by atoms with E-state index in [4.69, 9.17) is 33.2 Å². The summed E-state index contributed by atoms with van der Waals surface area (Å²) in [5.74, 6) is -1.27. The Labute approximate surface area is 148 Å². The SMILES string of the molecule is N#CCc1ccc(NC(=O)COC(=O)c2c(Cl)cccc2Cl)cc1. The van der Waals surface area contributed by atoms with Crippen molar-refractivity contribution in [3.8, 4) is 6.07 Å². The van der Waals surface area contributed by atoms with Crippen molar-refractivity contribution < 1.29 is 14.3 Å². The van der Waals surface area contributed by atoms with Gasteiger partial charge in [-0.05, 0) is 29.8 Å². The van der Waals surface area contributed by atoms with Gasteiger partial charge in [-0.3, -0.25) is 4.79 Å². The van der Waals surface area contributed by atoms with Crippen molar-refractivity contribution in [2.45, 2.75) is 6.42 Å². The number of nitrogens with one attached hydrogen (secondary N) is 1. The topological polar surface area (TPSA) is 79.2 Å². The maximum absolute atomic E-state index is 12.0. The van der Waals surface area contributed by atoms with Gasteiger partial charge in [-0.25, -0.2) is 4.79 Å². The van der Waals surface area contributed by atoms with Gasteiger partial charge in [0.2, 0.25) is 0 Å². The summed E-state index contributed by atoms with van der Waals surface area (Å²) < 4.78 is 4.92. The molecule has 2 aromatic rings. The van der Waals surface area contributed by atoms with Crippen LogP contribution in [0.3, 0.4) is 0 Å². The Kier molecular flexibility index (Phi) is 6.19. The molecule has 5 nitrogen and oxygen atoms in total. The van der Waals surface area contributed by atoms with Gasteiger partial charge in [0.15, 0.2) is 6.61 Å². The summed E-state index contributed by atoms with van der Waals surface area (Å²) >= 11 is 11.8. The third-order valence-electron chi connectivity index (χ3n) is 3.02. The molecule has 0 unspecified atom stereocenters. The standard InChI is InChI=1S/C17H12Cl2N2O3/c18-13-2-1-3-14(19)16(13)17(23)24-10-15(22)21-12-6-4-11(5-7-12)8-9-20/h1-7H,8,10H2,(H,21,22). The summed E-state index contributed by atoms with van der Waals surface area (Å²) in [4.78, 5) is 23.8. The average Bonchev–Trinajstić information content (AvgIpc) is 2.55. The first-order valence-corrected chi connectivity index (χ1v) is 7.63. The second kappa shape index (κ2) is 8.34. The summed E-state index contributed by atoms with van der Waals surface area (Å²) in [6, 6.07) is 13.4. The molecule has 2 aromatic carbocycles. The van der Waals surface area contributed by atoms with E-state index in [1.54, 1.807) is 30.3 Å². The van der Waals surface area contributed by atoms with E-state index in [0.717, 1.165) is 5.56 Å². The summed E-state index contributed by atoms with van der Waals surface area (Å²) in [6.07, 6.45) is 0.296. The number of ether oxygens (including phenoxy) is 1. The van der Waals surface area contributed by atoms with Crippen molar-refractivity contribution in [2.24, 2.45) is 0 Å². The third kappa shape index (κ3) is 4.72. The number of hydrogen-bond donors (Lipinski definition) is 1. The van der Waals surface area contributed by atoms with Gasteiger partial charge in [-0.15, -0.1) is 0 Å². The van der Waals surface area contributed by atoms with E-state index < -0.39 is 18.5 Å². The predicted molar refractivity (Wildman–Crippen MR) is 91.1 cm³/mol. The highest BCUT2D eigenvalue weighted by Crippen LogP contribution is 2.24. The highest BCUT2D eigenvalue weighted by Gasteiger charge is 2.17. The molecule has 1 N–H and O–H groups in total. The summed E-state index contributed by atoms with van der Waals surface area (Å²) in [7, 11) is 0.